The maximum Gasteiger partial charge on any atom is 0.407 e. The van der Waals surface area contributed by atoms with Crippen molar-refractivity contribution >= 4 is 16.1 Å². The van der Waals surface area contributed by atoms with Gasteiger partial charge >= 0.3 is 6.09 Å². The Balaban J connectivity index is 1.72. The van der Waals surface area contributed by atoms with Crippen molar-refractivity contribution in [1.29, 1.82) is 0 Å². The Kier molecular flexibility index (Phi) is 5.79. The standard InChI is InChI=1S/C15H22N2O4S/c1-16-22(19,20)11-13-7-8-14(9-13)17-15(18)21-10-12-5-3-2-4-6-12/h2-6,13-14,16H,7-11H2,1H3,(H,17,18)/t13-,14+/m1/s1. The second kappa shape index (κ2) is 7.60. The molecule has 0 radical (unpaired) electrons. The second-order valence-electron chi connectivity index (χ2n) is 5.57. The van der Waals surface area contributed by atoms with Gasteiger partial charge in [0.2, 0.25) is 10.0 Å². The summed E-state index contributed by atoms with van der Waals surface area (Å²) in [6.45, 7) is 0.233. The smallest absolute Gasteiger partial charge is 0.407 e. The molecule has 0 spiro atoms. The maximum atomic E-state index is 11.8. The van der Waals surface area contributed by atoms with E-state index in [9.17, 15) is 13.2 Å². The Labute approximate surface area is 131 Å². The highest BCUT2D eigenvalue weighted by Crippen LogP contribution is 2.26. The van der Waals surface area contributed by atoms with Crippen LogP contribution in [-0.4, -0.2) is 33.4 Å². The third-order valence-corrected chi connectivity index (χ3v) is 5.37. The maximum absolute atomic E-state index is 11.8. The van der Waals surface area contributed by atoms with Crippen LogP contribution in [0.4, 0.5) is 4.79 Å². The number of nitrogens with one attached hydrogen (secondary N) is 2. The van der Waals surface area contributed by atoms with Crippen LogP contribution in [0, 0.1) is 5.92 Å². The number of rotatable bonds is 6. The third kappa shape index (κ3) is 5.31. The number of carbonyl (C=O) groups is 1. The molecule has 1 fully saturated rings. The lowest BCUT2D eigenvalue weighted by Gasteiger charge is -2.13. The number of ether oxygens (including phenoxy) is 1. The first-order valence-electron chi connectivity index (χ1n) is 7.37. The first kappa shape index (κ1) is 16.8. The lowest BCUT2D eigenvalue weighted by Crippen LogP contribution is -2.34. The summed E-state index contributed by atoms with van der Waals surface area (Å²) in [7, 11) is -1.78. The van der Waals surface area contributed by atoms with Crippen molar-refractivity contribution in [1.82, 2.24) is 10.0 Å². The first-order chi connectivity index (χ1) is 10.5. The SMILES string of the molecule is CNS(=O)(=O)C[C@@H]1CC[C@H](NC(=O)OCc2ccccc2)C1. The number of amides is 1. The van der Waals surface area contributed by atoms with E-state index in [0.29, 0.717) is 6.42 Å². The van der Waals surface area contributed by atoms with E-state index >= 15 is 0 Å². The molecule has 0 aliphatic heterocycles. The van der Waals surface area contributed by atoms with Crippen LogP contribution in [-0.2, 0) is 21.4 Å². The lowest BCUT2D eigenvalue weighted by molar-refractivity contribution is 0.135. The van der Waals surface area contributed by atoms with Crippen LogP contribution >= 0.6 is 0 Å². The van der Waals surface area contributed by atoms with Crippen molar-refractivity contribution in [3.05, 3.63) is 35.9 Å². The van der Waals surface area contributed by atoms with E-state index in [1.54, 1.807) is 0 Å². The predicted octanol–water partition coefficient (Wildman–Crippen LogP) is 1.63. The van der Waals surface area contributed by atoms with Crippen LogP contribution < -0.4 is 10.0 Å². The number of hydrogen-bond acceptors (Lipinski definition) is 4. The Bertz CT molecular complexity index is 589. The zero-order valence-corrected chi connectivity index (χ0v) is 13.4. The second-order valence-corrected chi connectivity index (χ2v) is 7.54. The van der Waals surface area contributed by atoms with Gasteiger partial charge in [0, 0.05) is 6.04 Å². The van der Waals surface area contributed by atoms with Crippen LogP contribution in [0.15, 0.2) is 30.3 Å². The minimum absolute atomic E-state index is 0.0136. The molecule has 0 aromatic heterocycles. The van der Waals surface area contributed by atoms with Crippen molar-refractivity contribution in [2.75, 3.05) is 12.8 Å². The summed E-state index contributed by atoms with van der Waals surface area (Å²) in [4.78, 5) is 11.8. The van der Waals surface area contributed by atoms with E-state index in [1.807, 2.05) is 30.3 Å². The molecular weight excluding hydrogens is 304 g/mol. The fourth-order valence-corrected chi connectivity index (χ4v) is 3.77. The highest BCUT2D eigenvalue weighted by molar-refractivity contribution is 7.89. The van der Waals surface area contributed by atoms with Gasteiger partial charge in [-0.1, -0.05) is 30.3 Å². The number of benzene rings is 1. The summed E-state index contributed by atoms with van der Waals surface area (Å²) in [6.07, 6.45) is 1.79. The first-order valence-corrected chi connectivity index (χ1v) is 9.02. The molecule has 7 heteroatoms. The largest absolute Gasteiger partial charge is 0.445 e. The highest BCUT2D eigenvalue weighted by atomic mass is 32.2. The molecule has 0 heterocycles. The molecule has 6 nitrogen and oxygen atoms in total. The number of hydrogen-bond donors (Lipinski definition) is 2. The van der Waals surface area contributed by atoms with Gasteiger partial charge in [-0.3, -0.25) is 0 Å². The van der Waals surface area contributed by atoms with Gasteiger partial charge in [-0.25, -0.2) is 17.9 Å². The van der Waals surface area contributed by atoms with Crippen molar-refractivity contribution in [3.8, 4) is 0 Å². The van der Waals surface area contributed by atoms with Gasteiger partial charge in [-0.15, -0.1) is 0 Å². The molecule has 2 atom stereocenters. The molecule has 1 aliphatic carbocycles. The van der Waals surface area contributed by atoms with Gasteiger partial charge in [-0.05, 0) is 37.8 Å². The van der Waals surface area contributed by atoms with Crippen LogP contribution in [0.5, 0.6) is 0 Å². The summed E-state index contributed by atoms with van der Waals surface area (Å²) >= 11 is 0. The summed E-state index contributed by atoms with van der Waals surface area (Å²) in [5.41, 5.74) is 0.932. The highest BCUT2D eigenvalue weighted by Gasteiger charge is 2.29. The van der Waals surface area contributed by atoms with Gasteiger partial charge in [0.25, 0.3) is 0 Å². The molecule has 1 amide bonds. The normalized spacial score (nSPS) is 21.5. The fraction of sp³-hybridized carbons (Fsp3) is 0.533. The van der Waals surface area contributed by atoms with Crippen molar-refractivity contribution in [3.63, 3.8) is 0 Å². The summed E-state index contributed by atoms with van der Waals surface area (Å²) < 4.78 is 30.5. The Morgan fingerprint density at radius 1 is 1.27 bits per heavy atom. The van der Waals surface area contributed by atoms with Gasteiger partial charge in [0.15, 0.2) is 0 Å². The van der Waals surface area contributed by atoms with E-state index in [2.05, 4.69) is 10.0 Å². The van der Waals surface area contributed by atoms with Gasteiger partial charge in [0.1, 0.15) is 6.61 Å². The van der Waals surface area contributed by atoms with Gasteiger partial charge in [0.05, 0.1) is 5.75 Å². The minimum Gasteiger partial charge on any atom is -0.445 e. The number of carbonyl (C=O) groups excluding carboxylic acids is 1. The van der Waals surface area contributed by atoms with Crippen molar-refractivity contribution < 1.29 is 17.9 Å². The zero-order chi connectivity index (χ0) is 16.0. The quantitative estimate of drug-likeness (QED) is 0.832. The molecule has 0 unspecified atom stereocenters. The molecule has 1 saturated carbocycles. The Morgan fingerprint density at radius 3 is 2.68 bits per heavy atom. The number of sulfonamides is 1. The Morgan fingerprint density at radius 2 is 2.00 bits per heavy atom. The molecule has 0 saturated heterocycles. The van der Waals surface area contributed by atoms with E-state index < -0.39 is 16.1 Å². The van der Waals surface area contributed by atoms with Crippen molar-refractivity contribution in [2.45, 2.75) is 31.9 Å². The lowest BCUT2D eigenvalue weighted by atomic mass is 10.1. The molecule has 1 aromatic carbocycles. The molecule has 2 N–H and O–H groups in total. The zero-order valence-electron chi connectivity index (χ0n) is 12.6. The summed E-state index contributed by atoms with van der Waals surface area (Å²) in [6, 6.07) is 9.45. The van der Waals surface area contributed by atoms with Gasteiger partial charge < -0.3 is 10.1 Å². The summed E-state index contributed by atoms with van der Waals surface area (Å²) in [5, 5.41) is 2.81. The molecule has 2 rings (SSSR count). The monoisotopic (exact) mass is 326 g/mol. The Hall–Kier alpha value is -1.60. The molecule has 0 bridgehead atoms. The van der Waals surface area contributed by atoms with E-state index in [-0.39, 0.29) is 24.3 Å². The minimum atomic E-state index is -3.20. The third-order valence-electron chi connectivity index (χ3n) is 3.84. The van der Waals surface area contributed by atoms with Crippen LogP contribution in [0.2, 0.25) is 0 Å². The molecule has 1 aromatic rings. The predicted molar refractivity (Wildman–Crippen MR) is 83.7 cm³/mol. The van der Waals surface area contributed by atoms with Crippen LogP contribution in [0.1, 0.15) is 24.8 Å². The summed E-state index contributed by atoms with van der Waals surface area (Å²) in [5.74, 6) is 0.192. The van der Waals surface area contributed by atoms with Gasteiger partial charge in [-0.2, -0.15) is 0 Å². The fourth-order valence-electron chi connectivity index (χ4n) is 2.68. The van der Waals surface area contributed by atoms with Crippen molar-refractivity contribution in [2.24, 2.45) is 5.92 Å². The topological polar surface area (TPSA) is 84.5 Å². The van der Waals surface area contributed by atoms with E-state index in [4.69, 9.17) is 4.74 Å². The van der Waals surface area contributed by atoms with Crippen LogP contribution in [0.3, 0.4) is 0 Å². The average Bonchev–Trinajstić information content (AvgIpc) is 2.92. The van der Waals surface area contributed by atoms with E-state index in [1.165, 1.54) is 7.05 Å². The number of alkyl carbamates (subject to hydrolysis) is 1. The van der Waals surface area contributed by atoms with Crippen LogP contribution in [0.25, 0.3) is 0 Å². The molecule has 122 valence electrons. The van der Waals surface area contributed by atoms with E-state index in [0.717, 1.165) is 18.4 Å². The molecule has 22 heavy (non-hydrogen) atoms. The molecule has 1 aliphatic rings. The molecular formula is C15H22N2O4S. The average molecular weight is 326 g/mol.